The lowest BCUT2D eigenvalue weighted by Crippen LogP contribution is -1.91. The van der Waals surface area contributed by atoms with Gasteiger partial charge in [-0.25, -0.2) is 4.98 Å². The van der Waals surface area contributed by atoms with Crippen molar-refractivity contribution in [3.05, 3.63) is 69.9 Å². The molecule has 3 nitrogen and oxygen atoms in total. The van der Waals surface area contributed by atoms with E-state index in [1.54, 1.807) is 12.3 Å². The van der Waals surface area contributed by atoms with Gasteiger partial charge in [0.05, 0.1) is 5.69 Å². The fraction of sp³-hybridized carbons (Fsp3) is 0.125. The molecule has 0 aliphatic rings. The van der Waals surface area contributed by atoms with E-state index in [1.165, 1.54) is 0 Å². The molecule has 106 valence electrons. The summed E-state index contributed by atoms with van der Waals surface area (Å²) in [6.07, 6.45) is 4.31. The summed E-state index contributed by atoms with van der Waals surface area (Å²) in [7, 11) is 0. The maximum absolute atomic E-state index is 6.06. The van der Waals surface area contributed by atoms with Crippen molar-refractivity contribution in [3.63, 3.8) is 0 Å². The van der Waals surface area contributed by atoms with Crippen molar-refractivity contribution in [1.29, 1.82) is 0 Å². The molecule has 0 amide bonds. The molecule has 0 atom stereocenters. The minimum atomic E-state index is 0.605. The average Bonchev–Trinajstić information content (AvgIpc) is 2.79. The predicted molar refractivity (Wildman–Crippen MR) is 85.8 cm³/mol. The Morgan fingerprint density at radius 3 is 2.57 bits per heavy atom. The van der Waals surface area contributed by atoms with Gasteiger partial charge in [0.2, 0.25) is 0 Å². The Morgan fingerprint density at radius 2 is 1.90 bits per heavy atom. The summed E-state index contributed by atoms with van der Waals surface area (Å²) >= 11 is 12.1. The zero-order valence-corrected chi connectivity index (χ0v) is 12.9. The quantitative estimate of drug-likeness (QED) is 0.762. The van der Waals surface area contributed by atoms with E-state index in [9.17, 15) is 0 Å². The number of H-pyrrole nitrogens is 1. The van der Waals surface area contributed by atoms with Crippen molar-refractivity contribution in [2.45, 2.75) is 13.3 Å². The lowest BCUT2D eigenvalue weighted by atomic mass is 10.1. The van der Waals surface area contributed by atoms with Gasteiger partial charge < -0.3 is 4.98 Å². The Hall–Kier alpha value is -1.84. The van der Waals surface area contributed by atoms with Gasteiger partial charge in [-0.15, -0.1) is 0 Å². The van der Waals surface area contributed by atoms with Crippen molar-refractivity contribution in [2.24, 2.45) is 0 Å². The van der Waals surface area contributed by atoms with Crippen LogP contribution in [0.1, 0.15) is 17.1 Å². The molecule has 0 saturated heterocycles. The van der Waals surface area contributed by atoms with E-state index in [4.69, 9.17) is 23.2 Å². The van der Waals surface area contributed by atoms with Gasteiger partial charge in [-0.05, 0) is 36.8 Å². The molecule has 5 heteroatoms. The fourth-order valence-corrected chi connectivity index (χ4v) is 2.80. The molecule has 21 heavy (non-hydrogen) atoms. The van der Waals surface area contributed by atoms with E-state index in [-0.39, 0.29) is 0 Å². The first kappa shape index (κ1) is 14.1. The first-order valence-electron chi connectivity index (χ1n) is 6.52. The lowest BCUT2D eigenvalue weighted by molar-refractivity contribution is 1.01. The van der Waals surface area contributed by atoms with Gasteiger partial charge >= 0.3 is 0 Å². The largest absolute Gasteiger partial charge is 0.345 e. The average molecular weight is 318 g/mol. The van der Waals surface area contributed by atoms with Crippen LogP contribution in [0.2, 0.25) is 10.0 Å². The standard InChI is InChI=1S/C16H13Cl2N3/c1-10-16(12-6-13(17)8-14(18)7-12)21-15(20-10)5-11-3-2-4-19-9-11/h2-4,6-9H,5H2,1H3,(H,20,21). The summed E-state index contributed by atoms with van der Waals surface area (Å²) in [6, 6.07) is 9.39. The van der Waals surface area contributed by atoms with Crippen LogP contribution in [0.15, 0.2) is 42.7 Å². The first-order chi connectivity index (χ1) is 10.1. The number of hydrogen-bond donors (Lipinski definition) is 1. The van der Waals surface area contributed by atoms with Gasteiger partial charge in [0.1, 0.15) is 5.82 Å². The molecule has 0 saturated carbocycles. The second kappa shape index (κ2) is 5.88. The van der Waals surface area contributed by atoms with Crippen molar-refractivity contribution < 1.29 is 0 Å². The number of aromatic amines is 1. The molecule has 0 radical (unpaired) electrons. The molecule has 1 N–H and O–H groups in total. The van der Waals surface area contributed by atoms with Crippen molar-refractivity contribution in [1.82, 2.24) is 15.0 Å². The molecule has 0 unspecified atom stereocenters. The third-order valence-electron chi connectivity index (χ3n) is 3.16. The summed E-state index contributed by atoms with van der Waals surface area (Å²) in [5.41, 5.74) is 3.89. The zero-order chi connectivity index (χ0) is 14.8. The molecule has 2 heterocycles. The number of aromatic nitrogens is 3. The minimum absolute atomic E-state index is 0.605. The molecule has 0 aliphatic heterocycles. The van der Waals surface area contributed by atoms with Gasteiger partial charge in [-0.3, -0.25) is 4.98 Å². The number of imidazole rings is 1. The van der Waals surface area contributed by atoms with E-state index in [2.05, 4.69) is 15.0 Å². The lowest BCUT2D eigenvalue weighted by Gasteiger charge is -2.01. The predicted octanol–water partition coefficient (Wildman–Crippen LogP) is 4.68. The Morgan fingerprint density at radius 1 is 1.14 bits per heavy atom. The van der Waals surface area contributed by atoms with Crippen LogP contribution in [0, 0.1) is 6.92 Å². The van der Waals surface area contributed by atoms with Gasteiger partial charge in [0.15, 0.2) is 0 Å². The summed E-state index contributed by atoms with van der Waals surface area (Å²) in [5.74, 6) is 0.895. The molecular weight excluding hydrogens is 305 g/mol. The highest BCUT2D eigenvalue weighted by Crippen LogP contribution is 2.28. The van der Waals surface area contributed by atoms with Gasteiger partial charge in [-0.2, -0.15) is 0 Å². The van der Waals surface area contributed by atoms with Crippen LogP contribution in [0.4, 0.5) is 0 Å². The molecule has 0 fully saturated rings. The first-order valence-corrected chi connectivity index (χ1v) is 7.28. The zero-order valence-electron chi connectivity index (χ0n) is 11.4. The van der Waals surface area contributed by atoms with Crippen LogP contribution in [-0.4, -0.2) is 15.0 Å². The third kappa shape index (κ3) is 3.26. The van der Waals surface area contributed by atoms with E-state index in [0.717, 1.165) is 28.3 Å². The number of hydrogen-bond acceptors (Lipinski definition) is 2. The van der Waals surface area contributed by atoms with E-state index >= 15 is 0 Å². The van der Waals surface area contributed by atoms with Crippen LogP contribution in [0.3, 0.4) is 0 Å². The maximum atomic E-state index is 6.06. The molecule has 0 aliphatic carbocycles. The van der Waals surface area contributed by atoms with Crippen molar-refractivity contribution in [3.8, 4) is 11.3 Å². The van der Waals surface area contributed by atoms with Crippen LogP contribution >= 0.6 is 23.2 Å². The minimum Gasteiger partial charge on any atom is -0.345 e. The molecular formula is C16H13Cl2N3. The van der Waals surface area contributed by atoms with Crippen LogP contribution in [0.5, 0.6) is 0 Å². The SMILES string of the molecule is Cc1[nH]c(Cc2cccnc2)nc1-c1cc(Cl)cc(Cl)c1. The highest BCUT2D eigenvalue weighted by molar-refractivity contribution is 6.35. The number of rotatable bonds is 3. The Bertz CT molecular complexity index is 746. The Kier molecular flexibility index (Phi) is 3.95. The molecule has 3 rings (SSSR count). The van der Waals surface area contributed by atoms with E-state index < -0.39 is 0 Å². The monoisotopic (exact) mass is 317 g/mol. The maximum Gasteiger partial charge on any atom is 0.111 e. The number of nitrogens with zero attached hydrogens (tertiary/aromatic N) is 2. The Balaban J connectivity index is 1.94. The molecule has 3 aromatic rings. The number of pyridine rings is 1. The molecule has 0 bridgehead atoms. The van der Waals surface area contributed by atoms with Gasteiger partial charge in [-0.1, -0.05) is 29.3 Å². The third-order valence-corrected chi connectivity index (χ3v) is 3.60. The normalized spacial score (nSPS) is 10.8. The molecule has 1 aromatic carbocycles. The van der Waals surface area contributed by atoms with Crippen LogP contribution in [0.25, 0.3) is 11.3 Å². The fourth-order valence-electron chi connectivity index (χ4n) is 2.27. The molecule has 2 aromatic heterocycles. The summed E-state index contributed by atoms with van der Waals surface area (Å²) in [6.45, 7) is 1.99. The summed E-state index contributed by atoms with van der Waals surface area (Å²) in [5, 5.41) is 1.21. The number of benzene rings is 1. The highest BCUT2D eigenvalue weighted by Gasteiger charge is 2.11. The van der Waals surface area contributed by atoms with E-state index in [1.807, 2.05) is 37.4 Å². The molecule has 0 spiro atoms. The van der Waals surface area contributed by atoms with Crippen LogP contribution < -0.4 is 0 Å². The van der Waals surface area contributed by atoms with Crippen molar-refractivity contribution in [2.75, 3.05) is 0 Å². The van der Waals surface area contributed by atoms with Gasteiger partial charge in [0, 0.05) is 40.1 Å². The van der Waals surface area contributed by atoms with Gasteiger partial charge in [0.25, 0.3) is 0 Å². The second-order valence-electron chi connectivity index (χ2n) is 4.85. The smallest absolute Gasteiger partial charge is 0.111 e. The topological polar surface area (TPSA) is 41.6 Å². The number of aryl methyl sites for hydroxylation is 1. The Labute approximate surface area is 133 Å². The van der Waals surface area contributed by atoms with Crippen LogP contribution in [-0.2, 0) is 6.42 Å². The number of nitrogens with one attached hydrogen (secondary N) is 1. The highest BCUT2D eigenvalue weighted by atomic mass is 35.5. The number of halogens is 2. The summed E-state index contributed by atoms with van der Waals surface area (Å²) in [4.78, 5) is 12.1. The second-order valence-corrected chi connectivity index (χ2v) is 5.73. The van der Waals surface area contributed by atoms with E-state index in [0.29, 0.717) is 16.5 Å². The summed E-state index contributed by atoms with van der Waals surface area (Å²) < 4.78 is 0. The van der Waals surface area contributed by atoms with Crippen molar-refractivity contribution >= 4 is 23.2 Å².